The van der Waals surface area contributed by atoms with E-state index < -0.39 is 10.9 Å². The molecule has 0 aliphatic carbocycles. The van der Waals surface area contributed by atoms with Gasteiger partial charge in [0, 0.05) is 17.2 Å². The van der Waals surface area contributed by atoms with E-state index in [0.717, 1.165) is 5.56 Å². The quantitative estimate of drug-likeness (QED) is 0.237. The molecular weight excluding hydrogens is 415 g/mol. The maximum Gasteiger partial charge on any atom is 0.363 e. The average Bonchev–Trinajstić information content (AvgIpc) is 3.13. The van der Waals surface area contributed by atoms with Crippen molar-refractivity contribution < 1.29 is 23.6 Å². The minimum atomic E-state index is -0.617. The van der Waals surface area contributed by atoms with Gasteiger partial charge in [-0.2, -0.15) is 0 Å². The number of carbonyl (C=O) groups is 1. The van der Waals surface area contributed by atoms with E-state index in [4.69, 9.17) is 9.47 Å². The summed E-state index contributed by atoms with van der Waals surface area (Å²) in [5, 5.41) is 11.0. The summed E-state index contributed by atoms with van der Waals surface area (Å²) in [7, 11) is 0. The van der Waals surface area contributed by atoms with Crippen molar-refractivity contribution in [3.8, 4) is 5.75 Å². The van der Waals surface area contributed by atoms with Crippen LogP contribution in [0.5, 0.6) is 5.75 Å². The summed E-state index contributed by atoms with van der Waals surface area (Å²) in [6.45, 7) is 1.87. The molecule has 0 saturated carbocycles. The molecule has 1 heterocycles. The number of aliphatic imine (C=N–C) groups is 1. The SMILES string of the molecule is Cc1cc(C2=N/C(=C\c3cccc(OCc4ccc(F)cc4)c3)C(=O)O2)ccc1[N+](=O)[O-]. The Morgan fingerprint density at radius 3 is 2.62 bits per heavy atom. The number of ether oxygens (including phenoxy) is 2. The smallest absolute Gasteiger partial charge is 0.363 e. The molecule has 3 aromatic rings. The molecule has 0 radical (unpaired) electrons. The van der Waals surface area contributed by atoms with Crippen LogP contribution in [0.25, 0.3) is 6.08 Å². The predicted molar refractivity (Wildman–Crippen MR) is 116 cm³/mol. The monoisotopic (exact) mass is 432 g/mol. The van der Waals surface area contributed by atoms with Gasteiger partial charge in [-0.3, -0.25) is 10.1 Å². The van der Waals surface area contributed by atoms with Gasteiger partial charge in [-0.25, -0.2) is 14.2 Å². The number of halogens is 1. The number of esters is 1. The number of nitrogens with zero attached hydrogens (tertiary/aromatic N) is 2. The maximum atomic E-state index is 13.0. The van der Waals surface area contributed by atoms with Crippen molar-refractivity contribution in [1.29, 1.82) is 0 Å². The molecule has 0 spiro atoms. The fraction of sp³-hybridized carbons (Fsp3) is 0.0833. The molecule has 3 aromatic carbocycles. The summed E-state index contributed by atoms with van der Waals surface area (Å²) in [6.07, 6.45) is 1.57. The van der Waals surface area contributed by atoms with E-state index in [1.807, 2.05) is 0 Å². The van der Waals surface area contributed by atoms with Crippen LogP contribution in [0.2, 0.25) is 0 Å². The van der Waals surface area contributed by atoms with Crippen LogP contribution < -0.4 is 4.74 Å². The molecule has 1 aliphatic heterocycles. The fourth-order valence-corrected chi connectivity index (χ4v) is 3.13. The van der Waals surface area contributed by atoms with E-state index in [0.29, 0.717) is 22.4 Å². The molecule has 0 aromatic heterocycles. The Labute approximate surface area is 182 Å². The first-order chi connectivity index (χ1) is 15.4. The zero-order valence-electron chi connectivity index (χ0n) is 16.9. The molecule has 0 fully saturated rings. The molecule has 0 unspecified atom stereocenters. The second-order valence-electron chi connectivity index (χ2n) is 7.08. The van der Waals surface area contributed by atoms with Gasteiger partial charge in [0.25, 0.3) is 5.69 Å². The van der Waals surface area contributed by atoms with Crippen molar-refractivity contribution in [3.63, 3.8) is 0 Å². The Balaban J connectivity index is 1.52. The lowest BCUT2D eigenvalue weighted by molar-refractivity contribution is -0.385. The van der Waals surface area contributed by atoms with Crippen LogP contribution in [0.4, 0.5) is 10.1 Å². The van der Waals surface area contributed by atoms with Crippen molar-refractivity contribution in [2.24, 2.45) is 4.99 Å². The molecular formula is C24H17FN2O5. The van der Waals surface area contributed by atoms with Gasteiger partial charge in [-0.15, -0.1) is 0 Å². The lowest BCUT2D eigenvalue weighted by Crippen LogP contribution is -2.06. The third kappa shape index (κ3) is 4.70. The standard InChI is InChI=1S/C24H17FN2O5/c1-15-11-18(7-10-22(15)27(29)30)23-26-21(24(28)32-23)13-17-3-2-4-20(12-17)31-14-16-5-8-19(25)9-6-16/h2-13H,14H2,1H3/b21-13-. The summed E-state index contributed by atoms with van der Waals surface area (Å²) in [6, 6.07) is 17.5. The van der Waals surface area contributed by atoms with E-state index in [9.17, 15) is 19.3 Å². The highest BCUT2D eigenvalue weighted by Crippen LogP contribution is 2.24. The summed E-state index contributed by atoms with van der Waals surface area (Å²) in [5.41, 5.74) is 2.50. The van der Waals surface area contributed by atoms with Gasteiger partial charge in [-0.1, -0.05) is 24.3 Å². The molecule has 160 valence electrons. The van der Waals surface area contributed by atoms with E-state index in [1.165, 1.54) is 24.3 Å². The maximum absolute atomic E-state index is 13.0. The Bertz CT molecular complexity index is 1270. The molecule has 0 amide bonds. The van der Waals surface area contributed by atoms with Crippen molar-refractivity contribution in [3.05, 3.63) is 111 Å². The first kappa shape index (κ1) is 20.9. The molecule has 0 bridgehead atoms. The second kappa shape index (κ2) is 8.81. The Kier molecular flexibility index (Phi) is 5.76. The number of aryl methyl sites for hydroxylation is 1. The molecule has 8 heteroatoms. The first-order valence-corrected chi connectivity index (χ1v) is 9.64. The Morgan fingerprint density at radius 1 is 1.12 bits per heavy atom. The molecule has 1 aliphatic rings. The number of carbonyl (C=O) groups excluding carboxylic acids is 1. The number of benzene rings is 3. The van der Waals surface area contributed by atoms with Crippen molar-refractivity contribution in [2.75, 3.05) is 0 Å². The minimum Gasteiger partial charge on any atom is -0.489 e. The number of nitro groups is 1. The van der Waals surface area contributed by atoms with Gasteiger partial charge >= 0.3 is 5.97 Å². The van der Waals surface area contributed by atoms with Gasteiger partial charge in [0.15, 0.2) is 5.70 Å². The number of cyclic esters (lactones) is 1. The van der Waals surface area contributed by atoms with Gasteiger partial charge in [-0.05, 0) is 60.5 Å². The summed E-state index contributed by atoms with van der Waals surface area (Å²) in [4.78, 5) is 27.0. The van der Waals surface area contributed by atoms with E-state index in [-0.39, 0.29) is 29.7 Å². The molecule has 0 saturated heterocycles. The minimum absolute atomic E-state index is 0.0214. The normalized spacial score (nSPS) is 14.2. The van der Waals surface area contributed by atoms with Crippen LogP contribution >= 0.6 is 0 Å². The number of hydrogen-bond acceptors (Lipinski definition) is 6. The number of nitro benzene ring substituents is 1. The zero-order chi connectivity index (χ0) is 22.7. The van der Waals surface area contributed by atoms with Gasteiger partial charge in [0.1, 0.15) is 18.2 Å². The second-order valence-corrected chi connectivity index (χ2v) is 7.08. The highest BCUT2D eigenvalue weighted by atomic mass is 19.1. The molecule has 32 heavy (non-hydrogen) atoms. The topological polar surface area (TPSA) is 91.0 Å². The third-order valence-corrected chi connectivity index (χ3v) is 4.74. The van der Waals surface area contributed by atoms with Crippen LogP contribution in [0, 0.1) is 22.9 Å². The van der Waals surface area contributed by atoms with Crippen LogP contribution in [-0.4, -0.2) is 16.8 Å². The summed E-state index contributed by atoms with van der Waals surface area (Å²) >= 11 is 0. The van der Waals surface area contributed by atoms with Gasteiger partial charge < -0.3 is 9.47 Å². The van der Waals surface area contributed by atoms with Crippen molar-refractivity contribution in [2.45, 2.75) is 13.5 Å². The van der Waals surface area contributed by atoms with E-state index in [2.05, 4.69) is 4.99 Å². The first-order valence-electron chi connectivity index (χ1n) is 9.64. The summed E-state index contributed by atoms with van der Waals surface area (Å²) in [5.74, 6) is -0.267. The largest absolute Gasteiger partial charge is 0.489 e. The molecule has 7 nitrogen and oxygen atoms in total. The van der Waals surface area contributed by atoms with E-state index >= 15 is 0 Å². The molecule has 0 atom stereocenters. The van der Waals surface area contributed by atoms with Gasteiger partial charge in [0.2, 0.25) is 5.90 Å². The van der Waals surface area contributed by atoms with Gasteiger partial charge in [0.05, 0.1) is 4.92 Å². The Hall–Kier alpha value is -4.33. The number of rotatable bonds is 6. The zero-order valence-corrected chi connectivity index (χ0v) is 16.9. The summed E-state index contributed by atoms with van der Waals surface area (Å²) < 4.78 is 24.0. The van der Waals surface area contributed by atoms with Crippen LogP contribution in [0.15, 0.2) is 77.4 Å². The number of hydrogen-bond donors (Lipinski definition) is 0. The van der Waals surface area contributed by atoms with Crippen LogP contribution in [0.3, 0.4) is 0 Å². The van der Waals surface area contributed by atoms with Crippen molar-refractivity contribution in [1.82, 2.24) is 0 Å². The molecule has 4 rings (SSSR count). The predicted octanol–water partition coefficient (Wildman–Crippen LogP) is 4.97. The highest BCUT2D eigenvalue weighted by Gasteiger charge is 2.25. The average molecular weight is 432 g/mol. The Morgan fingerprint density at radius 2 is 1.91 bits per heavy atom. The lowest BCUT2D eigenvalue weighted by atomic mass is 10.1. The van der Waals surface area contributed by atoms with Crippen LogP contribution in [-0.2, 0) is 16.1 Å². The highest BCUT2D eigenvalue weighted by molar-refractivity contribution is 6.13. The third-order valence-electron chi connectivity index (χ3n) is 4.74. The van der Waals surface area contributed by atoms with Crippen molar-refractivity contribution >= 4 is 23.6 Å². The molecule has 0 N–H and O–H groups in total. The lowest BCUT2D eigenvalue weighted by Gasteiger charge is -2.07. The van der Waals surface area contributed by atoms with E-state index in [1.54, 1.807) is 55.5 Å². The van der Waals surface area contributed by atoms with Crippen LogP contribution in [0.1, 0.15) is 22.3 Å². The fourth-order valence-electron chi connectivity index (χ4n) is 3.13.